The van der Waals surface area contributed by atoms with Gasteiger partial charge in [-0.05, 0) is 60.2 Å². The highest BCUT2D eigenvalue weighted by Gasteiger charge is 2.09. The van der Waals surface area contributed by atoms with Crippen molar-refractivity contribution in [2.45, 2.75) is 66.0 Å². The monoisotopic (exact) mass is 441 g/mol. The Hall–Kier alpha value is -0.0800. The molecule has 1 atom stereocenters. The maximum absolute atomic E-state index is 4.29. The summed E-state index contributed by atoms with van der Waals surface area (Å²) in [7, 11) is 1.83. The molecule has 0 rings (SSSR count). The molecule has 0 spiro atoms. The molecule has 5 nitrogen and oxygen atoms in total. The molecule has 0 aromatic carbocycles. The van der Waals surface area contributed by atoms with E-state index in [9.17, 15) is 0 Å². The summed E-state index contributed by atoms with van der Waals surface area (Å²) in [5.41, 5.74) is 0.163. The van der Waals surface area contributed by atoms with Gasteiger partial charge in [-0.3, -0.25) is 4.99 Å². The van der Waals surface area contributed by atoms with Crippen LogP contribution >= 0.6 is 24.0 Å². The van der Waals surface area contributed by atoms with Gasteiger partial charge < -0.3 is 20.9 Å². The van der Waals surface area contributed by atoms with Crippen LogP contribution in [0.15, 0.2) is 4.99 Å². The lowest BCUT2D eigenvalue weighted by Gasteiger charge is -2.23. The second kappa shape index (κ2) is 14.3. The maximum Gasteiger partial charge on any atom is 0.191 e. The molecule has 0 radical (unpaired) electrons. The molecule has 0 saturated heterocycles. The van der Waals surface area contributed by atoms with Gasteiger partial charge in [-0.25, -0.2) is 0 Å². The highest BCUT2D eigenvalue weighted by Crippen LogP contribution is 1.99. The molecule has 0 bridgehead atoms. The summed E-state index contributed by atoms with van der Waals surface area (Å²) >= 11 is 0. The Labute approximate surface area is 161 Å². The van der Waals surface area contributed by atoms with Crippen molar-refractivity contribution >= 4 is 29.9 Å². The van der Waals surface area contributed by atoms with E-state index in [1.165, 1.54) is 13.0 Å². The summed E-state index contributed by atoms with van der Waals surface area (Å²) in [5.74, 6) is 0.894. The van der Waals surface area contributed by atoms with Crippen LogP contribution in [0, 0.1) is 0 Å². The minimum atomic E-state index is 0. The van der Waals surface area contributed by atoms with Crippen LogP contribution in [0.2, 0.25) is 0 Å². The molecule has 0 heterocycles. The molecule has 23 heavy (non-hydrogen) atoms. The molecular weight excluding hydrogens is 401 g/mol. The lowest BCUT2D eigenvalue weighted by Crippen LogP contribution is -2.46. The quantitative estimate of drug-likeness (QED) is 0.211. The first-order chi connectivity index (χ1) is 10.3. The SMILES string of the molecule is CCN(CC)CCCC(C)NC(=NC)NCCNC(C)(C)C.I. The Morgan fingerprint density at radius 2 is 1.74 bits per heavy atom. The fraction of sp³-hybridized carbons (Fsp3) is 0.941. The average molecular weight is 441 g/mol. The topological polar surface area (TPSA) is 51.7 Å². The Kier molecular flexibility index (Phi) is 15.6. The van der Waals surface area contributed by atoms with Crippen LogP contribution in [-0.4, -0.2) is 62.2 Å². The molecule has 0 aliphatic carbocycles. The van der Waals surface area contributed by atoms with E-state index in [-0.39, 0.29) is 29.5 Å². The van der Waals surface area contributed by atoms with Crippen LogP contribution in [0.1, 0.15) is 54.4 Å². The van der Waals surface area contributed by atoms with Crippen molar-refractivity contribution in [3.8, 4) is 0 Å². The van der Waals surface area contributed by atoms with E-state index in [0.29, 0.717) is 6.04 Å². The molecule has 0 amide bonds. The van der Waals surface area contributed by atoms with Gasteiger partial charge in [0.25, 0.3) is 0 Å². The van der Waals surface area contributed by atoms with Crippen molar-refractivity contribution in [2.75, 3.05) is 39.8 Å². The minimum Gasteiger partial charge on any atom is -0.355 e. The van der Waals surface area contributed by atoms with Gasteiger partial charge in [0.1, 0.15) is 0 Å². The van der Waals surface area contributed by atoms with E-state index in [1.807, 2.05) is 7.05 Å². The first kappa shape index (κ1) is 25.2. The van der Waals surface area contributed by atoms with Crippen molar-refractivity contribution in [1.29, 1.82) is 0 Å². The molecule has 140 valence electrons. The van der Waals surface area contributed by atoms with E-state index in [0.717, 1.165) is 38.6 Å². The second-order valence-corrected chi connectivity index (χ2v) is 6.89. The van der Waals surface area contributed by atoms with Crippen molar-refractivity contribution in [3.63, 3.8) is 0 Å². The van der Waals surface area contributed by atoms with Crippen LogP contribution in [0.25, 0.3) is 0 Å². The Morgan fingerprint density at radius 1 is 1.13 bits per heavy atom. The zero-order valence-electron chi connectivity index (χ0n) is 16.3. The first-order valence-corrected chi connectivity index (χ1v) is 8.77. The normalized spacial score (nSPS) is 13.7. The van der Waals surface area contributed by atoms with Crippen LogP contribution < -0.4 is 16.0 Å². The smallest absolute Gasteiger partial charge is 0.191 e. The zero-order valence-corrected chi connectivity index (χ0v) is 18.7. The van der Waals surface area contributed by atoms with Gasteiger partial charge in [0.05, 0.1) is 0 Å². The third kappa shape index (κ3) is 15.2. The van der Waals surface area contributed by atoms with Crippen molar-refractivity contribution in [2.24, 2.45) is 4.99 Å². The molecular formula is C17H40IN5. The van der Waals surface area contributed by atoms with Crippen LogP contribution in [0.3, 0.4) is 0 Å². The Morgan fingerprint density at radius 3 is 2.22 bits per heavy atom. The summed E-state index contributed by atoms with van der Waals surface area (Å²) in [6.07, 6.45) is 2.38. The lowest BCUT2D eigenvalue weighted by atomic mass is 10.1. The van der Waals surface area contributed by atoms with Gasteiger partial charge in [-0.2, -0.15) is 0 Å². The van der Waals surface area contributed by atoms with Crippen LogP contribution in [0.4, 0.5) is 0 Å². The fourth-order valence-electron chi connectivity index (χ4n) is 2.28. The van der Waals surface area contributed by atoms with Gasteiger partial charge in [0, 0.05) is 31.7 Å². The van der Waals surface area contributed by atoms with Gasteiger partial charge in [-0.15, -0.1) is 24.0 Å². The Balaban J connectivity index is 0. The molecule has 0 aliphatic rings. The Bertz CT molecular complexity index is 298. The van der Waals surface area contributed by atoms with Crippen molar-refractivity contribution in [3.05, 3.63) is 0 Å². The number of halogens is 1. The number of hydrogen-bond donors (Lipinski definition) is 3. The summed E-state index contributed by atoms with van der Waals surface area (Å²) < 4.78 is 0. The van der Waals surface area contributed by atoms with Crippen molar-refractivity contribution < 1.29 is 0 Å². The number of hydrogen-bond acceptors (Lipinski definition) is 3. The molecule has 0 aromatic heterocycles. The summed E-state index contributed by atoms with van der Waals surface area (Å²) in [6.45, 7) is 18.5. The van der Waals surface area contributed by atoms with Gasteiger partial charge in [-0.1, -0.05) is 13.8 Å². The molecule has 0 aromatic rings. The van der Waals surface area contributed by atoms with Gasteiger partial charge in [0.15, 0.2) is 5.96 Å². The number of aliphatic imine (C=N–C) groups is 1. The number of guanidine groups is 1. The van der Waals surface area contributed by atoms with E-state index in [4.69, 9.17) is 0 Å². The molecule has 1 unspecified atom stereocenters. The summed E-state index contributed by atoms with van der Waals surface area (Å²) in [5, 5.41) is 10.3. The standard InChI is InChI=1S/C17H39N5.HI/c1-8-22(9-2)14-10-11-15(3)21-16(18-7)19-12-13-20-17(4,5)6;/h15,20H,8-14H2,1-7H3,(H2,18,19,21);1H. The molecule has 0 saturated carbocycles. The average Bonchev–Trinajstić information content (AvgIpc) is 2.45. The van der Waals surface area contributed by atoms with Gasteiger partial charge >= 0.3 is 0 Å². The highest BCUT2D eigenvalue weighted by molar-refractivity contribution is 14.0. The minimum absolute atomic E-state index is 0. The van der Waals surface area contributed by atoms with E-state index < -0.39 is 0 Å². The lowest BCUT2D eigenvalue weighted by molar-refractivity contribution is 0.292. The maximum atomic E-state index is 4.29. The molecule has 6 heteroatoms. The highest BCUT2D eigenvalue weighted by atomic mass is 127. The predicted octanol–water partition coefficient (Wildman–Crippen LogP) is 2.67. The first-order valence-electron chi connectivity index (χ1n) is 8.77. The number of rotatable bonds is 10. The van der Waals surface area contributed by atoms with E-state index in [1.54, 1.807) is 0 Å². The number of nitrogens with one attached hydrogen (secondary N) is 3. The molecule has 0 fully saturated rings. The van der Waals surface area contributed by atoms with E-state index >= 15 is 0 Å². The molecule has 0 aliphatic heterocycles. The largest absolute Gasteiger partial charge is 0.355 e. The zero-order chi connectivity index (χ0) is 17.0. The third-order valence-electron chi connectivity index (χ3n) is 3.69. The fourth-order valence-corrected chi connectivity index (χ4v) is 2.28. The number of nitrogens with zero attached hydrogens (tertiary/aromatic N) is 2. The third-order valence-corrected chi connectivity index (χ3v) is 3.69. The van der Waals surface area contributed by atoms with Crippen LogP contribution in [-0.2, 0) is 0 Å². The molecule has 3 N–H and O–H groups in total. The summed E-state index contributed by atoms with van der Waals surface area (Å²) in [6, 6.07) is 0.442. The van der Waals surface area contributed by atoms with E-state index in [2.05, 4.69) is 67.4 Å². The van der Waals surface area contributed by atoms with Crippen LogP contribution in [0.5, 0.6) is 0 Å². The predicted molar refractivity (Wildman–Crippen MR) is 114 cm³/mol. The summed E-state index contributed by atoms with van der Waals surface area (Å²) in [4.78, 5) is 6.76. The van der Waals surface area contributed by atoms with Gasteiger partial charge in [0.2, 0.25) is 0 Å². The second-order valence-electron chi connectivity index (χ2n) is 6.89. The van der Waals surface area contributed by atoms with Crippen molar-refractivity contribution in [1.82, 2.24) is 20.9 Å².